The second-order valence-electron chi connectivity index (χ2n) is 18.5. The van der Waals surface area contributed by atoms with E-state index in [4.69, 9.17) is 0 Å². The van der Waals surface area contributed by atoms with Crippen LogP contribution in [0.15, 0.2) is 240 Å². The van der Waals surface area contributed by atoms with Crippen LogP contribution >= 0.6 is 0 Å². The predicted molar refractivity (Wildman–Crippen MR) is 291 cm³/mol. The highest BCUT2D eigenvalue weighted by Crippen LogP contribution is 2.47. The van der Waals surface area contributed by atoms with Crippen LogP contribution in [-0.4, -0.2) is 8.07 Å². The van der Waals surface area contributed by atoms with Crippen LogP contribution in [0.5, 0.6) is 0 Å². The Morgan fingerprint density at radius 3 is 0.776 bits per heavy atom. The maximum atomic E-state index is 2.57. The van der Waals surface area contributed by atoms with Gasteiger partial charge < -0.3 is 0 Å². The smallest absolute Gasteiger partial charge is 0.0636 e. The van der Waals surface area contributed by atoms with Gasteiger partial charge in [0.15, 0.2) is 8.07 Å². The molecule has 0 radical (unpaired) electrons. The topological polar surface area (TPSA) is 0 Å². The molecule has 1 aliphatic rings. The lowest BCUT2D eigenvalue weighted by atomic mass is 9.92. The van der Waals surface area contributed by atoms with Gasteiger partial charge in [0.25, 0.3) is 0 Å². The van der Waals surface area contributed by atoms with Crippen LogP contribution in [0.3, 0.4) is 0 Å². The Labute approximate surface area is 399 Å². The summed E-state index contributed by atoms with van der Waals surface area (Å²) < 4.78 is 0. The highest BCUT2D eigenvalue weighted by atomic mass is 28.3. The van der Waals surface area contributed by atoms with Gasteiger partial charge in [-0.15, -0.1) is 0 Å². The van der Waals surface area contributed by atoms with Crippen LogP contribution in [0.25, 0.3) is 66.8 Å². The first-order valence-corrected chi connectivity index (χ1v) is 25.9. The Morgan fingerprint density at radius 1 is 0.284 bits per heavy atom. The summed E-state index contributed by atoms with van der Waals surface area (Å²) in [5.41, 5.74) is 23.4. The molecule has 1 aliphatic carbocycles. The second kappa shape index (κ2) is 18.2. The predicted octanol–water partition coefficient (Wildman–Crippen LogP) is 15.9. The Morgan fingerprint density at radius 2 is 0.537 bits per heavy atom. The maximum Gasteiger partial charge on any atom is 0.178 e. The Kier molecular flexibility index (Phi) is 11.8. The van der Waals surface area contributed by atoms with Crippen molar-refractivity contribution in [3.05, 3.63) is 257 Å². The fourth-order valence-electron chi connectivity index (χ4n) is 11.6. The second-order valence-corrected chi connectivity index (χ2v) is 22.2. The zero-order chi connectivity index (χ0) is 46.2. The first-order valence-electron chi connectivity index (χ1n) is 23.9. The first kappa shape index (κ1) is 43.6. The normalized spacial score (nSPS) is 13.9. The SMILES string of the molecule is CC1=C(C)C(C)C([Si](c2ccc(-c3ccccc3)c(C)c2-c2ccccc2)(c2ccc(-c3ccccc3)c(C)c2-c2ccccc2)c2ccc(-c3ccccc3)c(C)c2-c2ccccc2)=C1C. The molecule has 10 rings (SSSR count). The summed E-state index contributed by atoms with van der Waals surface area (Å²) in [7, 11) is -3.51. The van der Waals surface area contributed by atoms with Crippen molar-refractivity contribution in [3.8, 4) is 66.8 Å². The van der Waals surface area contributed by atoms with Gasteiger partial charge >= 0.3 is 0 Å². The van der Waals surface area contributed by atoms with Crippen LogP contribution < -0.4 is 15.6 Å². The molecule has 0 spiro atoms. The summed E-state index contributed by atoms with van der Waals surface area (Å²) in [6, 6.07) is 81.9. The van der Waals surface area contributed by atoms with Crippen molar-refractivity contribution in [3.63, 3.8) is 0 Å². The molecule has 1 atom stereocenters. The Bertz CT molecular complexity index is 2990. The molecule has 0 amide bonds. The summed E-state index contributed by atoms with van der Waals surface area (Å²) in [6.07, 6.45) is 0. The zero-order valence-electron chi connectivity index (χ0n) is 39.9. The van der Waals surface area contributed by atoms with E-state index in [1.165, 1.54) is 116 Å². The molecule has 326 valence electrons. The molecule has 0 aliphatic heterocycles. The van der Waals surface area contributed by atoms with E-state index in [1.807, 2.05) is 0 Å². The van der Waals surface area contributed by atoms with Crippen molar-refractivity contribution < 1.29 is 0 Å². The lowest BCUT2D eigenvalue weighted by Gasteiger charge is -2.43. The Hall–Kier alpha value is -7.32. The average molecular weight is 879 g/mol. The quantitative estimate of drug-likeness (QED) is 0.0948. The van der Waals surface area contributed by atoms with Crippen molar-refractivity contribution in [2.75, 3.05) is 0 Å². The molecule has 0 fully saturated rings. The Balaban J connectivity index is 1.49. The zero-order valence-corrected chi connectivity index (χ0v) is 40.9. The van der Waals surface area contributed by atoms with Gasteiger partial charge in [-0.1, -0.05) is 242 Å². The van der Waals surface area contributed by atoms with Crippen LogP contribution in [0.4, 0.5) is 0 Å². The van der Waals surface area contributed by atoms with Crippen molar-refractivity contribution in [2.24, 2.45) is 5.92 Å². The van der Waals surface area contributed by atoms with Crippen molar-refractivity contribution in [2.45, 2.75) is 48.5 Å². The molecule has 0 nitrogen and oxygen atoms in total. The molecule has 0 bridgehead atoms. The third-order valence-corrected chi connectivity index (χ3v) is 20.4. The van der Waals surface area contributed by atoms with Crippen LogP contribution in [0.1, 0.15) is 44.4 Å². The molecule has 1 unspecified atom stereocenters. The third-order valence-electron chi connectivity index (χ3n) is 15.1. The molecule has 9 aromatic carbocycles. The van der Waals surface area contributed by atoms with Crippen LogP contribution in [0, 0.1) is 26.7 Å². The largest absolute Gasteiger partial charge is 0.178 e. The molecule has 67 heavy (non-hydrogen) atoms. The van der Waals surface area contributed by atoms with Gasteiger partial charge in [0, 0.05) is 0 Å². The average Bonchev–Trinajstić information content (AvgIpc) is 3.57. The minimum Gasteiger partial charge on any atom is -0.0636 e. The number of rotatable bonds is 10. The molecule has 0 heterocycles. The number of hydrogen-bond donors (Lipinski definition) is 0. The van der Waals surface area contributed by atoms with Gasteiger partial charge in [0.1, 0.15) is 0 Å². The van der Waals surface area contributed by atoms with Crippen LogP contribution in [-0.2, 0) is 0 Å². The van der Waals surface area contributed by atoms with E-state index in [0.29, 0.717) is 0 Å². The number of hydrogen-bond acceptors (Lipinski definition) is 0. The van der Waals surface area contributed by atoms with Crippen LogP contribution in [0.2, 0.25) is 0 Å². The summed E-state index contributed by atoms with van der Waals surface area (Å²) in [5, 5.41) is 5.84. The van der Waals surface area contributed by atoms with E-state index < -0.39 is 8.07 Å². The molecule has 0 N–H and O–H groups in total. The molecular weight excluding hydrogens is 821 g/mol. The van der Waals surface area contributed by atoms with Gasteiger partial charge in [-0.25, -0.2) is 0 Å². The van der Waals surface area contributed by atoms with E-state index in [0.717, 1.165) is 0 Å². The molecule has 0 saturated heterocycles. The summed E-state index contributed by atoms with van der Waals surface area (Å²) in [6.45, 7) is 16.8. The summed E-state index contributed by atoms with van der Waals surface area (Å²) in [5.74, 6) is 0.194. The first-order chi connectivity index (χ1) is 32.7. The monoisotopic (exact) mass is 878 g/mol. The lowest BCUT2D eigenvalue weighted by molar-refractivity contribution is 0.851. The van der Waals surface area contributed by atoms with Gasteiger partial charge in [0.05, 0.1) is 0 Å². The van der Waals surface area contributed by atoms with E-state index >= 15 is 0 Å². The third kappa shape index (κ3) is 7.39. The molecule has 1 heteroatoms. The van der Waals surface area contributed by atoms with E-state index in [2.05, 4.69) is 267 Å². The minimum absolute atomic E-state index is 0.194. The van der Waals surface area contributed by atoms with Crippen molar-refractivity contribution >= 4 is 23.6 Å². The van der Waals surface area contributed by atoms with Crippen molar-refractivity contribution in [1.29, 1.82) is 0 Å². The molecule has 0 saturated carbocycles. The van der Waals surface area contributed by atoms with E-state index in [-0.39, 0.29) is 5.92 Å². The van der Waals surface area contributed by atoms with Gasteiger partial charge in [-0.2, -0.15) is 0 Å². The highest BCUT2D eigenvalue weighted by molar-refractivity contribution is 7.18. The fraction of sp³-hybridized carbons (Fsp3) is 0.121. The number of benzene rings is 9. The standard InChI is InChI=1S/C66H58Si/c1-44-45(2)47(4)66(46(44)3)67(60-41-38-57(51-26-14-8-15-27-51)48(5)63(60)54-32-20-11-21-33-54,61-42-39-58(52-28-16-9-17-29-52)49(6)64(61)55-34-22-12-23-35-55)62-43-40-59(53-30-18-10-19-31-53)50(7)65(62)56-36-24-13-25-37-56/h8-43,46H,1-7H3. The molecular formula is C66H58Si. The number of allylic oxidation sites excluding steroid dienone is 4. The molecule has 9 aromatic rings. The minimum atomic E-state index is -3.51. The van der Waals surface area contributed by atoms with E-state index in [1.54, 1.807) is 5.20 Å². The summed E-state index contributed by atoms with van der Waals surface area (Å²) in [4.78, 5) is 0. The lowest BCUT2D eigenvalue weighted by Crippen LogP contribution is -2.71. The van der Waals surface area contributed by atoms with E-state index in [9.17, 15) is 0 Å². The van der Waals surface area contributed by atoms with Crippen molar-refractivity contribution in [1.82, 2.24) is 0 Å². The summed E-state index contributed by atoms with van der Waals surface area (Å²) >= 11 is 0. The highest BCUT2D eigenvalue weighted by Gasteiger charge is 2.52. The fourth-order valence-corrected chi connectivity index (χ4v) is 18.1. The molecule has 0 aromatic heterocycles. The van der Waals surface area contributed by atoms with Gasteiger partial charge in [-0.05, 0) is 152 Å². The maximum absolute atomic E-state index is 3.51. The van der Waals surface area contributed by atoms with Gasteiger partial charge in [-0.3, -0.25) is 0 Å². The van der Waals surface area contributed by atoms with Gasteiger partial charge in [0.2, 0.25) is 0 Å².